The molecule has 15 heavy (non-hydrogen) atoms. The van der Waals surface area contributed by atoms with Crippen molar-refractivity contribution < 1.29 is 0 Å². The van der Waals surface area contributed by atoms with Crippen LogP contribution in [-0.2, 0) is 0 Å². The molecule has 0 amide bonds. The van der Waals surface area contributed by atoms with E-state index in [1.54, 1.807) is 11.8 Å². The molecule has 1 N–H and O–H groups in total. The molecule has 2 heterocycles. The van der Waals surface area contributed by atoms with Crippen molar-refractivity contribution in [2.45, 2.75) is 32.9 Å². The van der Waals surface area contributed by atoms with Crippen LogP contribution in [0.4, 0.5) is 5.69 Å². The SMILES string of the molecule is CC1CSC(Nc2cnn(C(C)C)c2)=N1. The summed E-state index contributed by atoms with van der Waals surface area (Å²) in [5.74, 6) is 1.07. The Balaban J connectivity index is 2.02. The summed E-state index contributed by atoms with van der Waals surface area (Å²) < 4.78 is 1.94. The number of aliphatic imine (C=N–C) groups is 1. The van der Waals surface area contributed by atoms with Crippen LogP contribution in [0.2, 0.25) is 0 Å². The van der Waals surface area contributed by atoms with E-state index in [4.69, 9.17) is 0 Å². The van der Waals surface area contributed by atoms with Crippen molar-refractivity contribution in [3.63, 3.8) is 0 Å². The fourth-order valence-corrected chi connectivity index (χ4v) is 2.27. The zero-order chi connectivity index (χ0) is 10.8. The van der Waals surface area contributed by atoms with Gasteiger partial charge < -0.3 is 5.32 Å². The van der Waals surface area contributed by atoms with E-state index in [0.29, 0.717) is 12.1 Å². The van der Waals surface area contributed by atoms with Crippen molar-refractivity contribution in [1.82, 2.24) is 9.78 Å². The van der Waals surface area contributed by atoms with E-state index < -0.39 is 0 Å². The van der Waals surface area contributed by atoms with E-state index in [1.807, 2.05) is 17.1 Å². The predicted molar refractivity (Wildman–Crippen MR) is 65.6 cm³/mol. The number of amidine groups is 1. The van der Waals surface area contributed by atoms with Gasteiger partial charge in [-0.25, -0.2) is 0 Å². The molecule has 5 heteroatoms. The van der Waals surface area contributed by atoms with Crippen LogP contribution in [0.15, 0.2) is 17.4 Å². The topological polar surface area (TPSA) is 42.2 Å². The first kappa shape index (κ1) is 10.5. The minimum atomic E-state index is 0.401. The number of hydrogen-bond donors (Lipinski definition) is 1. The molecule has 82 valence electrons. The summed E-state index contributed by atoms with van der Waals surface area (Å²) in [5.41, 5.74) is 1.02. The first-order valence-electron chi connectivity index (χ1n) is 5.17. The lowest BCUT2D eigenvalue weighted by Crippen LogP contribution is -2.04. The van der Waals surface area contributed by atoms with E-state index in [2.05, 4.69) is 36.2 Å². The number of aromatic nitrogens is 2. The smallest absolute Gasteiger partial charge is 0.161 e. The summed E-state index contributed by atoms with van der Waals surface area (Å²) in [6, 6.07) is 0.829. The molecular formula is C10H16N4S. The third kappa shape index (κ3) is 2.53. The van der Waals surface area contributed by atoms with Gasteiger partial charge in [0.2, 0.25) is 0 Å². The highest BCUT2D eigenvalue weighted by atomic mass is 32.2. The van der Waals surface area contributed by atoms with Gasteiger partial charge in [0, 0.05) is 18.0 Å². The molecule has 0 saturated heterocycles. The van der Waals surface area contributed by atoms with Crippen LogP contribution in [0.1, 0.15) is 26.8 Å². The van der Waals surface area contributed by atoms with Crippen molar-refractivity contribution in [2.75, 3.05) is 11.1 Å². The van der Waals surface area contributed by atoms with Crippen molar-refractivity contribution in [1.29, 1.82) is 0 Å². The maximum atomic E-state index is 4.47. The lowest BCUT2D eigenvalue weighted by Gasteiger charge is -2.03. The lowest BCUT2D eigenvalue weighted by molar-refractivity contribution is 0.532. The fraction of sp³-hybridized carbons (Fsp3) is 0.600. The molecular weight excluding hydrogens is 208 g/mol. The molecule has 1 aromatic rings. The van der Waals surface area contributed by atoms with Gasteiger partial charge >= 0.3 is 0 Å². The van der Waals surface area contributed by atoms with E-state index in [-0.39, 0.29) is 0 Å². The molecule has 1 aromatic heterocycles. The number of anilines is 1. The van der Waals surface area contributed by atoms with Crippen LogP contribution in [-0.4, -0.2) is 26.7 Å². The first-order chi connectivity index (χ1) is 7.15. The summed E-state index contributed by atoms with van der Waals surface area (Å²) in [4.78, 5) is 4.47. The predicted octanol–water partition coefficient (Wildman–Crippen LogP) is 2.37. The molecule has 0 aromatic carbocycles. The van der Waals surface area contributed by atoms with Crippen LogP contribution < -0.4 is 5.32 Å². The zero-order valence-corrected chi connectivity index (χ0v) is 10.1. The van der Waals surface area contributed by atoms with Crippen LogP contribution in [0.3, 0.4) is 0 Å². The molecule has 4 nitrogen and oxygen atoms in total. The molecule has 1 aliphatic rings. The Kier molecular flexibility index (Phi) is 3.00. The normalized spacial score (nSPS) is 20.8. The van der Waals surface area contributed by atoms with Crippen LogP contribution in [0.25, 0.3) is 0 Å². The molecule has 1 aliphatic heterocycles. The van der Waals surface area contributed by atoms with E-state index >= 15 is 0 Å². The minimum Gasteiger partial charge on any atom is -0.332 e. The highest BCUT2D eigenvalue weighted by molar-refractivity contribution is 8.14. The molecule has 2 rings (SSSR count). The summed E-state index contributed by atoms with van der Waals surface area (Å²) in [6.45, 7) is 6.35. The van der Waals surface area contributed by atoms with Gasteiger partial charge in [0.15, 0.2) is 5.17 Å². The highest BCUT2D eigenvalue weighted by Gasteiger charge is 2.14. The Bertz CT molecular complexity index is 369. The van der Waals surface area contributed by atoms with Gasteiger partial charge in [-0.1, -0.05) is 11.8 Å². The third-order valence-corrected chi connectivity index (χ3v) is 3.31. The molecule has 0 spiro atoms. The van der Waals surface area contributed by atoms with Gasteiger partial charge in [-0.3, -0.25) is 9.67 Å². The van der Waals surface area contributed by atoms with Crippen LogP contribution in [0.5, 0.6) is 0 Å². The fourth-order valence-electron chi connectivity index (χ4n) is 1.35. The van der Waals surface area contributed by atoms with Crippen molar-refractivity contribution in [3.05, 3.63) is 12.4 Å². The first-order valence-corrected chi connectivity index (χ1v) is 6.15. The standard InChI is InChI=1S/C10H16N4S/c1-7(2)14-5-9(4-11-14)13-10-12-8(3)6-15-10/h4-5,7-8H,6H2,1-3H3,(H,12,13). The van der Waals surface area contributed by atoms with Crippen molar-refractivity contribution in [2.24, 2.45) is 4.99 Å². The average molecular weight is 224 g/mol. The molecule has 0 aliphatic carbocycles. The van der Waals surface area contributed by atoms with Crippen molar-refractivity contribution in [3.8, 4) is 0 Å². The van der Waals surface area contributed by atoms with E-state index in [0.717, 1.165) is 16.6 Å². The summed E-state index contributed by atoms with van der Waals surface area (Å²) >= 11 is 1.76. The second kappa shape index (κ2) is 4.26. The molecule has 0 fully saturated rings. The summed E-state index contributed by atoms with van der Waals surface area (Å²) in [5, 5.41) is 8.55. The van der Waals surface area contributed by atoms with Gasteiger partial charge in [-0.2, -0.15) is 5.10 Å². The number of nitrogens with one attached hydrogen (secondary N) is 1. The highest BCUT2D eigenvalue weighted by Crippen LogP contribution is 2.20. The lowest BCUT2D eigenvalue weighted by atomic mass is 10.4. The second-order valence-corrected chi connectivity index (χ2v) is 5.03. The monoisotopic (exact) mass is 224 g/mol. The van der Waals surface area contributed by atoms with Gasteiger partial charge in [0.1, 0.15) is 0 Å². The van der Waals surface area contributed by atoms with Gasteiger partial charge in [-0.05, 0) is 20.8 Å². The maximum absolute atomic E-state index is 4.47. The van der Waals surface area contributed by atoms with Crippen LogP contribution >= 0.6 is 11.8 Å². The number of thioether (sulfide) groups is 1. The molecule has 1 unspecified atom stereocenters. The Labute approximate surface area is 94.2 Å². The molecule has 1 atom stereocenters. The Hall–Kier alpha value is -0.970. The zero-order valence-electron chi connectivity index (χ0n) is 9.27. The van der Waals surface area contributed by atoms with Gasteiger partial charge in [0.25, 0.3) is 0 Å². The average Bonchev–Trinajstić information content (AvgIpc) is 2.76. The second-order valence-electron chi connectivity index (χ2n) is 4.02. The van der Waals surface area contributed by atoms with E-state index in [1.165, 1.54) is 0 Å². The van der Waals surface area contributed by atoms with Gasteiger partial charge in [0.05, 0.1) is 17.9 Å². The van der Waals surface area contributed by atoms with Gasteiger partial charge in [-0.15, -0.1) is 0 Å². The number of nitrogens with zero attached hydrogens (tertiary/aromatic N) is 3. The van der Waals surface area contributed by atoms with E-state index in [9.17, 15) is 0 Å². The minimum absolute atomic E-state index is 0.401. The Morgan fingerprint density at radius 3 is 2.93 bits per heavy atom. The largest absolute Gasteiger partial charge is 0.332 e. The summed E-state index contributed by atoms with van der Waals surface area (Å²) in [7, 11) is 0. The van der Waals surface area contributed by atoms with Crippen LogP contribution in [0, 0.1) is 0 Å². The quantitative estimate of drug-likeness (QED) is 0.838. The molecule has 0 saturated carbocycles. The third-order valence-electron chi connectivity index (χ3n) is 2.18. The Morgan fingerprint density at radius 2 is 2.40 bits per heavy atom. The summed E-state index contributed by atoms with van der Waals surface area (Å²) in [6.07, 6.45) is 3.85. The number of hydrogen-bond acceptors (Lipinski definition) is 4. The Morgan fingerprint density at radius 1 is 1.60 bits per heavy atom. The van der Waals surface area contributed by atoms with Crippen molar-refractivity contribution >= 4 is 22.6 Å². The number of rotatable bonds is 2. The molecule has 0 radical (unpaired) electrons. The molecule has 0 bridgehead atoms. The maximum Gasteiger partial charge on any atom is 0.161 e.